The Bertz CT molecular complexity index is 1500. The van der Waals surface area contributed by atoms with Gasteiger partial charge in [-0.3, -0.25) is 9.78 Å². The number of aliphatic hydroxyl groups is 1. The molecule has 1 unspecified atom stereocenters. The van der Waals surface area contributed by atoms with Gasteiger partial charge in [0.05, 0.1) is 27.1 Å². The summed E-state index contributed by atoms with van der Waals surface area (Å²) in [7, 11) is -4.08. The van der Waals surface area contributed by atoms with Gasteiger partial charge < -0.3 is 10.4 Å². The summed E-state index contributed by atoms with van der Waals surface area (Å²) >= 11 is 6.23. The Labute approximate surface area is 220 Å². The molecule has 2 aliphatic rings. The summed E-state index contributed by atoms with van der Waals surface area (Å²) < 4.78 is 81.0. The van der Waals surface area contributed by atoms with Crippen LogP contribution in [-0.2, 0) is 15.4 Å². The van der Waals surface area contributed by atoms with E-state index in [2.05, 4.69) is 10.3 Å². The van der Waals surface area contributed by atoms with Crippen LogP contribution >= 0.6 is 11.6 Å². The molecular weight excluding hydrogens is 548 g/mol. The van der Waals surface area contributed by atoms with E-state index in [0.717, 1.165) is 12.3 Å². The third-order valence-electron chi connectivity index (χ3n) is 7.52. The standard InChI is InChI=1S/C26H21ClF4N2O4S/c27-19-5-1-13(25(34)33-17-10-20(29)24(31)21(30)11-17)7-22(19)38(36,37)18-8-14-2-3-15(9-18)26(14,35)23-6-4-16(28)12-32-23/h1,4-7,10-12,14-15,18,35H,2-3,8-9H2,(H,33,34)/t14-,15?,18-,26-/m0/s1. The lowest BCUT2D eigenvalue weighted by Crippen LogP contribution is -2.46. The first-order chi connectivity index (χ1) is 17.9. The molecule has 200 valence electrons. The molecule has 2 N–H and O–H groups in total. The van der Waals surface area contributed by atoms with Crippen LogP contribution < -0.4 is 5.32 Å². The Kier molecular flexibility index (Phi) is 6.73. The van der Waals surface area contributed by atoms with E-state index in [1.165, 1.54) is 24.3 Å². The van der Waals surface area contributed by atoms with Crippen molar-refractivity contribution in [2.45, 2.75) is 41.4 Å². The molecule has 1 aromatic heterocycles. The van der Waals surface area contributed by atoms with Gasteiger partial charge in [-0.2, -0.15) is 0 Å². The molecule has 0 saturated heterocycles. The third-order valence-corrected chi connectivity index (χ3v) is 10.2. The van der Waals surface area contributed by atoms with Crippen LogP contribution in [0.15, 0.2) is 53.6 Å². The molecule has 2 aliphatic carbocycles. The lowest BCUT2D eigenvalue weighted by molar-refractivity contribution is -0.0682. The van der Waals surface area contributed by atoms with Crippen molar-refractivity contribution in [3.8, 4) is 0 Å². The number of carbonyl (C=O) groups excluding carboxylic acids is 1. The van der Waals surface area contributed by atoms with Crippen molar-refractivity contribution >= 4 is 33.0 Å². The molecular formula is C26H21ClF4N2O4S. The number of sulfone groups is 1. The van der Waals surface area contributed by atoms with Gasteiger partial charge in [0.2, 0.25) is 0 Å². The monoisotopic (exact) mass is 568 g/mol. The summed E-state index contributed by atoms with van der Waals surface area (Å²) in [6, 6.07) is 7.35. The molecule has 0 spiro atoms. The molecule has 2 aromatic carbocycles. The van der Waals surface area contributed by atoms with Crippen LogP contribution in [0, 0.1) is 35.1 Å². The number of fused-ring (bicyclic) bond motifs is 2. The first kappa shape index (κ1) is 26.6. The predicted octanol–water partition coefficient (Wildman–Crippen LogP) is 5.39. The van der Waals surface area contributed by atoms with Crippen LogP contribution in [0.3, 0.4) is 0 Å². The van der Waals surface area contributed by atoms with Gasteiger partial charge in [0.25, 0.3) is 5.91 Å². The van der Waals surface area contributed by atoms with Crippen molar-refractivity contribution in [1.82, 2.24) is 4.98 Å². The number of pyridine rings is 1. The molecule has 0 radical (unpaired) electrons. The van der Waals surface area contributed by atoms with Crippen molar-refractivity contribution in [2.75, 3.05) is 5.32 Å². The average Bonchev–Trinajstić information content (AvgIpc) is 3.04. The number of benzene rings is 2. The second-order valence-electron chi connectivity index (χ2n) is 9.65. The van der Waals surface area contributed by atoms with E-state index in [1.807, 2.05) is 0 Å². The Morgan fingerprint density at radius 2 is 1.63 bits per heavy atom. The molecule has 4 atom stereocenters. The molecule has 3 aromatic rings. The summed E-state index contributed by atoms with van der Waals surface area (Å²) in [4.78, 5) is 16.5. The Morgan fingerprint density at radius 3 is 2.21 bits per heavy atom. The predicted molar refractivity (Wildman–Crippen MR) is 130 cm³/mol. The van der Waals surface area contributed by atoms with Crippen LogP contribution in [-0.4, -0.2) is 29.7 Å². The van der Waals surface area contributed by atoms with Gasteiger partial charge in [0.15, 0.2) is 27.3 Å². The van der Waals surface area contributed by atoms with Gasteiger partial charge in [-0.15, -0.1) is 0 Å². The zero-order valence-electron chi connectivity index (χ0n) is 19.6. The Hall–Kier alpha value is -3.02. The van der Waals surface area contributed by atoms with E-state index < -0.39 is 61.7 Å². The number of nitrogens with zero attached hydrogens (tertiary/aromatic N) is 1. The van der Waals surface area contributed by atoms with Gasteiger partial charge in [-0.05, 0) is 67.9 Å². The number of rotatable bonds is 5. The molecule has 1 heterocycles. The summed E-state index contributed by atoms with van der Waals surface area (Å²) in [5.41, 5.74) is -1.59. The SMILES string of the molecule is O=C(Nc1cc(F)c(F)c(F)c1)c1ccc(Cl)c(S(=O)(=O)[C@@H]2CC3CC[C@@H](C2)[C@@]3(O)c2ccc(F)cn2)c1. The molecule has 38 heavy (non-hydrogen) atoms. The summed E-state index contributed by atoms with van der Waals surface area (Å²) in [6.07, 6.45) is 2.35. The largest absolute Gasteiger partial charge is 0.383 e. The zero-order valence-corrected chi connectivity index (χ0v) is 21.2. The molecule has 5 rings (SSSR count). The topological polar surface area (TPSA) is 96.4 Å². The molecule has 2 bridgehead atoms. The summed E-state index contributed by atoms with van der Waals surface area (Å²) in [6.45, 7) is 0. The number of amides is 1. The highest BCUT2D eigenvalue weighted by Crippen LogP contribution is 2.56. The van der Waals surface area contributed by atoms with Crippen LogP contribution in [0.1, 0.15) is 41.7 Å². The smallest absolute Gasteiger partial charge is 0.255 e. The van der Waals surface area contributed by atoms with Crippen LogP contribution in [0.25, 0.3) is 0 Å². The van der Waals surface area contributed by atoms with Crippen LogP contribution in [0.5, 0.6) is 0 Å². The number of carbonyl (C=O) groups is 1. The molecule has 6 nitrogen and oxygen atoms in total. The number of hydrogen-bond donors (Lipinski definition) is 2. The zero-order chi connectivity index (χ0) is 27.4. The maximum Gasteiger partial charge on any atom is 0.255 e. The first-order valence-corrected chi connectivity index (χ1v) is 13.7. The number of halogens is 5. The highest BCUT2D eigenvalue weighted by molar-refractivity contribution is 7.92. The van der Waals surface area contributed by atoms with Crippen molar-refractivity contribution < 1.29 is 35.9 Å². The minimum absolute atomic E-state index is 0.106. The summed E-state index contributed by atoms with van der Waals surface area (Å²) in [5.74, 6) is -6.99. The minimum Gasteiger partial charge on any atom is -0.383 e. The Balaban J connectivity index is 1.40. The highest BCUT2D eigenvalue weighted by Gasteiger charge is 2.57. The van der Waals surface area contributed by atoms with Crippen molar-refractivity contribution in [2.24, 2.45) is 11.8 Å². The number of anilines is 1. The van der Waals surface area contributed by atoms with E-state index in [4.69, 9.17) is 11.6 Å². The van der Waals surface area contributed by atoms with Crippen molar-refractivity contribution in [3.63, 3.8) is 0 Å². The first-order valence-electron chi connectivity index (χ1n) is 11.7. The number of nitrogens with one attached hydrogen (secondary N) is 1. The van der Waals surface area contributed by atoms with Gasteiger partial charge in [-0.1, -0.05) is 11.6 Å². The maximum absolute atomic E-state index is 13.7. The second kappa shape index (κ2) is 9.62. The molecule has 1 amide bonds. The normalized spacial score (nSPS) is 24.8. The van der Waals surface area contributed by atoms with Crippen LogP contribution in [0.4, 0.5) is 23.2 Å². The van der Waals surface area contributed by atoms with Gasteiger partial charge in [0.1, 0.15) is 11.4 Å². The number of aromatic nitrogens is 1. The molecule has 12 heteroatoms. The van der Waals surface area contributed by atoms with E-state index >= 15 is 0 Å². The Morgan fingerprint density at radius 1 is 1.00 bits per heavy atom. The molecule has 2 saturated carbocycles. The fraction of sp³-hybridized carbons (Fsp3) is 0.308. The van der Waals surface area contributed by atoms with E-state index in [0.29, 0.717) is 30.7 Å². The van der Waals surface area contributed by atoms with Crippen molar-refractivity contribution in [1.29, 1.82) is 0 Å². The molecule has 0 aliphatic heterocycles. The summed E-state index contributed by atoms with van der Waals surface area (Å²) in [5, 5.41) is 12.7. The third kappa shape index (κ3) is 4.46. The van der Waals surface area contributed by atoms with E-state index in [9.17, 15) is 35.9 Å². The van der Waals surface area contributed by atoms with E-state index in [1.54, 1.807) is 0 Å². The average molecular weight is 569 g/mol. The van der Waals surface area contributed by atoms with Crippen molar-refractivity contribution in [3.05, 3.63) is 88.2 Å². The van der Waals surface area contributed by atoms with Gasteiger partial charge in [0, 0.05) is 23.4 Å². The number of hydrogen-bond acceptors (Lipinski definition) is 5. The quantitative estimate of drug-likeness (QED) is 0.318. The minimum atomic E-state index is -4.08. The van der Waals surface area contributed by atoms with Crippen LogP contribution in [0.2, 0.25) is 5.02 Å². The fourth-order valence-corrected chi connectivity index (χ4v) is 8.06. The van der Waals surface area contributed by atoms with Gasteiger partial charge >= 0.3 is 0 Å². The lowest BCUT2D eigenvalue weighted by atomic mass is 9.72. The highest BCUT2D eigenvalue weighted by atomic mass is 35.5. The molecule has 2 fully saturated rings. The van der Waals surface area contributed by atoms with E-state index in [-0.39, 0.29) is 34.0 Å². The maximum atomic E-state index is 13.7. The van der Waals surface area contributed by atoms with Gasteiger partial charge in [-0.25, -0.2) is 26.0 Å². The lowest BCUT2D eigenvalue weighted by Gasteiger charge is -2.42. The fourth-order valence-electron chi connectivity index (χ4n) is 5.66. The second-order valence-corrected chi connectivity index (χ2v) is 12.3.